The summed E-state index contributed by atoms with van der Waals surface area (Å²) in [6.45, 7) is 10.6. The minimum Gasteiger partial charge on any atom is -0.370 e. The first kappa shape index (κ1) is 13.7. The monoisotopic (exact) mass is 226 g/mol. The summed E-state index contributed by atoms with van der Waals surface area (Å²) in [5, 5.41) is 0. The molecule has 0 aromatic rings. The van der Waals surface area contributed by atoms with Gasteiger partial charge in [-0.2, -0.15) is 0 Å². The lowest BCUT2D eigenvalue weighted by molar-refractivity contribution is -0.152. The summed E-state index contributed by atoms with van der Waals surface area (Å²) in [7, 11) is 1.69. The molecule has 1 fully saturated rings. The third kappa shape index (κ3) is 2.32. The maximum absolute atomic E-state index is 12.5. The molecular formula is C14H26O2. The molecule has 0 bridgehead atoms. The van der Waals surface area contributed by atoms with E-state index in [0.717, 1.165) is 12.8 Å². The van der Waals surface area contributed by atoms with E-state index >= 15 is 0 Å². The molecule has 0 aromatic heterocycles. The minimum atomic E-state index is -0.521. The molecule has 0 radical (unpaired) electrons. The summed E-state index contributed by atoms with van der Waals surface area (Å²) >= 11 is 0. The van der Waals surface area contributed by atoms with Crippen molar-refractivity contribution in [1.29, 1.82) is 0 Å². The maximum Gasteiger partial charge on any atom is 0.165 e. The highest BCUT2D eigenvalue weighted by atomic mass is 16.5. The molecule has 2 atom stereocenters. The fourth-order valence-corrected chi connectivity index (χ4v) is 3.10. The second kappa shape index (κ2) is 4.48. The van der Waals surface area contributed by atoms with E-state index in [1.54, 1.807) is 7.11 Å². The first-order valence-corrected chi connectivity index (χ1v) is 6.32. The topological polar surface area (TPSA) is 26.3 Å². The summed E-state index contributed by atoms with van der Waals surface area (Å²) in [6.07, 6.45) is 2.81. The van der Waals surface area contributed by atoms with Crippen LogP contribution in [0, 0.1) is 17.3 Å². The first-order chi connectivity index (χ1) is 7.24. The van der Waals surface area contributed by atoms with Gasteiger partial charge in [0.1, 0.15) is 5.60 Å². The predicted molar refractivity (Wildman–Crippen MR) is 66.4 cm³/mol. The van der Waals surface area contributed by atoms with Crippen LogP contribution in [0.2, 0.25) is 0 Å². The predicted octanol–water partition coefficient (Wildman–Crippen LogP) is 3.44. The smallest absolute Gasteiger partial charge is 0.165 e. The van der Waals surface area contributed by atoms with Crippen molar-refractivity contribution in [1.82, 2.24) is 0 Å². The average Bonchev–Trinajstić information content (AvgIpc) is 2.40. The number of Topliss-reactive ketones (excluding diaryl/α,β-unsaturated/α-hetero) is 1. The molecule has 94 valence electrons. The molecule has 1 rings (SSSR count). The van der Waals surface area contributed by atoms with Gasteiger partial charge in [-0.1, -0.05) is 34.6 Å². The third-order valence-electron chi connectivity index (χ3n) is 3.96. The van der Waals surface area contributed by atoms with Crippen molar-refractivity contribution in [3.63, 3.8) is 0 Å². The van der Waals surface area contributed by atoms with Gasteiger partial charge in [-0.05, 0) is 30.1 Å². The van der Waals surface area contributed by atoms with Crippen molar-refractivity contribution in [3.8, 4) is 0 Å². The SMILES string of the molecule is COC1(C(=O)CC(C)(C)C)C(C)CCC1C. The van der Waals surface area contributed by atoms with Crippen molar-refractivity contribution >= 4 is 5.78 Å². The van der Waals surface area contributed by atoms with E-state index < -0.39 is 5.60 Å². The largest absolute Gasteiger partial charge is 0.370 e. The molecule has 0 aromatic carbocycles. The number of hydrogen-bond acceptors (Lipinski definition) is 2. The van der Waals surface area contributed by atoms with Crippen molar-refractivity contribution in [2.24, 2.45) is 17.3 Å². The molecule has 1 aliphatic rings. The number of ketones is 1. The number of carbonyl (C=O) groups is 1. The van der Waals surface area contributed by atoms with Gasteiger partial charge in [0.2, 0.25) is 0 Å². The Bertz CT molecular complexity index is 252. The molecule has 16 heavy (non-hydrogen) atoms. The number of methoxy groups -OCH3 is 1. The molecule has 1 saturated carbocycles. The van der Waals surface area contributed by atoms with Gasteiger partial charge in [0.15, 0.2) is 5.78 Å². The second-order valence-electron chi connectivity index (χ2n) is 6.54. The number of rotatable bonds is 3. The van der Waals surface area contributed by atoms with Crippen LogP contribution in [0.4, 0.5) is 0 Å². The standard InChI is InChI=1S/C14H26O2/c1-10-7-8-11(2)14(10,16-6)12(15)9-13(3,4)5/h10-11H,7-9H2,1-6H3. The summed E-state index contributed by atoms with van der Waals surface area (Å²) in [4.78, 5) is 12.5. The molecule has 0 spiro atoms. The van der Waals surface area contributed by atoms with Crippen LogP contribution in [-0.2, 0) is 9.53 Å². The fourth-order valence-electron chi connectivity index (χ4n) is 3.10. The van der Waals surface area contributed by atoms with Crippen molar-refractivity contribution in [3.05, 3.63) is 0 Å². The molecule has 0 aliphatic heterocycles. The van der Waals surface area contributed by atoms with Crippen LogP contribution in [0.3, 0.4) is 0 Å². The van der Waals surface area contributed by atoms with E-state index in [1.807, 2.05) is 0 Å². The Morgan fingerprint density at radius 1 is 1.25 bits per heavy atom. The van der Waals surface area contributed by atoms with Crippen molar-refractivity contribution < 1.29 is 9.53 Å². The van der Waals surface area contributed by atoms with E-state index in [2.05, 4.69) is 34.6 Å². The zero-order chi connectivity index (χ0) is 12.6. The summed E-state index contributed by atoms with van der Waals surface area (Å²) in [5.74, 6) is 0.990. The Morgan fingerprint density at radius 2 is 1.69 bits per heavy atom. The molecular weight excluding hydrogens is 200 g/mol. The van der Waals surface area contributed by atoms with E-state index in [4.69, 9.17) is 4.74 Å². The Balaban J connectivity index is 2.92. The lowest BCUT2D eigenvalue weighted by atomic mass is 9.76. The minimum absolute atomic E-state index is 0.0463. The highest BCUT2D eigenvalue weighted by molar-refractivity contribution is 5.89. The third-order valence-corrected chi connectivity index (χ3v) is 3.96. The van der Waals surface area contributed by atoms with Crippen LogP contribution in [0.25, 0.3) is 0 Å². The lowest BCUT2D eigenvalue weighted by Crippen LogP contribution is -2.48. The number of carbonyl (C=O) groups excluding carboxylic acids is 1. The Morgan fingerprint density at radius 3 is 2.00 bits per heavy atom. The van der Waals surface area contributed by atoms with E-state index in [9.17, 15) is 4.79 Å². The van der Waals surface area contributed by atoms with Crippen LogP contribution in [-0.4, -0.2) is 18.5 Å². The lowest BCUT2D eigenvalue weighted by Gasteiger charge is -2.36. The normalized spacial score (nSPS) is 35.4. The Kier molecular flexibility index (Phi) is 3.83. The van der Waals surface area contributed by atoms with Gasteiger partial charge in [0.25, 0.3) is 0 Å². The van der Waals surface area contributed by atoms with Crippen LogP contribution >= 0.6 is 0 Å². The average molecular weight is 226 g/mol. The summed E-state index contributed by atoms with van der Waals surface area (Å²) < 4.78 is 5.68. The quantitative estimate of drug-likeness (QED) is 0.737. The first-order valence-electron chi connectivity index (χ1n) is 6.32. The molecule has 0 saturated heterocycles. The zero-order valence-corrected chi connectivity index (χ0v) is 11.6. The van der Waals surface area contributed by atoms with Crippen LogP contribution in [0.5, 0.6) is 0 Å². The van der Waals surface area contributed by atoms with E-state index in [-0.39, 0.29) is 5.41 Å². The second-order valence-corrected chi connectivity index (χ2v) is 6.54. The fraction of sp³-hybridized carbons (Fsp3) is 0.929. The molecule has 0 heterocycles. The van der Waals surface area contributed by atoms with Gasteiger partial charge in [0, 0.05) is 13.5 Å². The molecule has 2 nitrogen and oxygen atoms in total. The van der Waals surface area contributed by atoms with Crippen LogP contribution < -0.4 is 0 Å². The summed E-state index contributed by atoms with van der Waals surface area (Å²) in [6, 6.07) is 0. The Hall–Kier alpha value is -0.370. The van der Waals surface area contributed by atoms with Crippen molar-refractivity contribution in [2.45, 2.75) is 59.5 Å². The summed E-state index contributed by atoms with van der Waals surface area (Å²) in [5.41, 5.74) is -0.474. The molecule has 2 unspecified atom stereocenters. The van der Waals surface area contributed by atoms with Crippen molar-refractivity contribution in [2.75, 3.05) is 7.11 Å². The van der Waals surface area contributed by atoms with E-state index in [0.29, 0.717) is 24.0 Å². The van der Waals surface area contributed by atoms with E-state index in [1.165, 1.54) is 0 Å². The molecule has 1 aliphatic carbocycles. The maximum atomic E-state index is 12.5. The van der Waals surface area contributed by atoms with Crippen LogP contribution in [0.15, 0.2) is 0 Å². The van der Waals surface area contributed by atoms with Gasteiger partial charge in [-0.3, -0.25) is 4.79 Å². The zero-order valence-electron chi connectivity index (χ0n) is 11.6. The van der Waals surface area contributed by atoms with Gasteiger partial charge >= 0.3 is 0 Å². The highest BCUT2D eigenvalue weighted by Crippen LogP contribution is 2.45. The van der Waals surface area contributed by atoms with Gasteiger partial charge in [0.05, 0.1) is 0 Å². The van der Waals surface area contributed by atoms with Gasteiger partial charge in [-0.25, -0.2) is 0 Å². The van der Waals surface area contributed by atoms with Gasteiger partial charge < -0.3 is 4.74 Å². The van der Waals surface area contributed by atoms with Gasteiger partial charge in [-0.15, -0.1) is 0 Å². The number of hydrogen-bond donors (Lipinski definition) is 0. The molecule has 2 heteroatoms. The molecule has 0 amide bonds. The number of ether oxygens (including phenoxy) is 1. The highest BCUT2D eigenvalue weighted by Gasteiger charge is 2.52. The van der Waals surface area contributed by atoms with Crippen LogP contribution in [0.1, 0.15) is 53.9 Å². The Labute approximate surface area is 99.8 Å². The molecule has 0 N–H and O–H groups in total.